The average Bonchev–Trinajstić information content (AvgIpc) is 3.74. The highest BCUT2D eigenvalue weighted by Crippen LogP contribution is 2.44. The Labute approximate surface area is 210 Å². The molecule has 1 aliphatic carbocycles. The van der Waals surface area contributed by atoms with Gasteiger partial charge in [-0.2, -0.15) is 0 Å². The number of pyridine rings is 2. The van der Waals surface area contributed by atoms with Gasteiger partial charge in [0.05, 0.1) is 11.7 Å². The van der Waals surface area contributed by atoms with Gasteiger partial charge in [0, 0.05) is 55.2 Å². The number of hydrogen-bond donors (Lipinski definition) is 2. The maximum Gasteiger partial charge on any atom is 0.573 e. The van der Waals surface area contributed by atoms with Crippen molar-refractivity contribution in [1.29, 1.82) is 0 Å². The van der Waals surface area contributed by atoms with E-state index in [1.807, 2.05) is 18.3 Å². The van der Waals surface area contributed by atoms with Gasteiger partial charge >= 0.3 is 6.36 Å². The van der Waals surface area contributed by atoms with Crippen molar-refractivity contribution in [2.45, 2.75) is 25.1 Å². The molecule has 6 rings (SSSR count). The molecule has 190 valence electrons. The molecular weight excluding hydrogens is 483 g/mol. The molecule has 0 spiro atoms. The SMILES string of the molecule is FC(F)(F)Oc1ccc(Nc2cc(-c3nc(N4CCNCC4)c4c(C5CC5)cncc4n3)ccn2)cc1. The predicted octanol–water partition coefficient (Wildman–Crippen LogP) is 5.02. The van der Waals surface area contributed by atoms with E-state index in [9.17, 15) is 13.2 Å². The highest BCUT2D eigenvalue weighted by molar-refractivity contribution is 5.94. The van der Waals surface area contributed by atoms with Gasteiger partial charge in [-0.05, 0) is 60.7 Å². The zero-order valence-corrected chi connectivity index (χ0v) is 19.8. The molecule has 11 heteroatoms. The highest BCUT2D eigenvalue weighted by Gasteiger charge is 2.31. The number of benzene rings is 1. The molecule has 0 unspecified atom stereocenters. The number of nitrogens with one attached hydrogen (secondary N) is 2. The van der Waals surface area contributed by atoms with E-state index in [4.69, 9.17) is 9.97 Å². The summed E-state index contributed by atoms with van der Waals surface area (Å²) in [7, 11) is 0. The Morgan fingerprint density at radius 3 is 2.51 bits per heavy atom. The lowest BCUT2D eigenvalue weighted by atomic mass is 10.1. The minimum atomic E-state index is -4.73. The Morgan fingerprint density at radius 2 is 1.78 bits per heavy atom. The summed E-state index contributed by atoms with van der Waals surface area (Å²) in [5.41, 5.74) is 3.37. The quantitative estimate of drug-likeness (QED) is 0.376. The Bertz CT molecular complexity index is 1420. The van der Waals surface area contributed by atoms with Crippen molar-refractivity contribution in [2.24, 2.45) is 0 Å². The Kier molecular flexibility index (Phi) is 5.99. The van der Waals surface area contributed by atoms with E-state index >= 15 is 0 Å². The number of hydrogen-bond acceptors (Lipinski definition) is 8. The number of halogens is 3. The van der Waals surface area contributed by atoms with Crippen molar-refractivity contribution >= 4 is 28.2 Å². The number of nitrogens with zero attached hydrogens (tertiary/aromatic N) is 5. The van der Waals surface area contributed by atoms with Gasteiger partial charge in [-0.25, -0.2) is 15.0 Å². The van der Waals surface area contributed by atoms with Crippen molar-refractivity contribution in [3.63, 3.8) is 0 Å². The molecule has 8 nitrogen and oxygen atoms in total. The first kappa shape index (κ1) is 23.4. The van der Waals surface area contributed by atoms with Crippen molar-refractivity contribution in [3.05, 3.63) is 60.6 Å². The number of ether oxygens (including phenoxy) is 1. The third-order valence-corrected chi connectivity index (χ3v) is 6.43. The average molecular weight is 508 g/mol. The number of aromatic nitrogens is 4. The smallest absolute Gasteiger partial charge is 0.406 e. The van der Waals surface area contributed by atoms with Crippen LogP contribution in [0.15, 0.2) is 55.0 Å². The maximum absolute atomic E-state index is 12.4. The Morgan fingerprint density at radius 1 is 1.00 bits per heavy atom. The molecule has 2 fully saturated rings. The van der Waals surface area contributed by atoms with E-state index in [0.29, 0.717) is 23.2 Å². The maximum atomic E-state index is 12.4. The van der Waals surface area contributed by atoms with E-state index in [0.717, 1.165) is 61.3 Å². The van der Waals surface area contributed by atoms with E-state index < -0.39 is 6.36 Å². The molecule has 1 aliphatic heterocycles. The molecule has 2 N–H and O–H groups in total. The zero-order valence-electron chi connectivity index (χ0n) is 19.8. The standard InChI is InChI=1S/C26H24F3N7O/c27-26(28,29)37-19-5-3-18(4-6-19)33-22-13-17(7-8-32-22)24-34-21-15-31-14-20(16-1-2-16)23(21)25(35-24)36-11-9-30-10-12-36/h3-8,13-16,30H,1-2,9-12H2,(H,32,33). The van der Waals surface area contributed by atoms with Crippen LogP contribution in [0.25, 0.3) is 22.3 Å². The van der Waals surface area contributed by atoms with Crippen molar-refractivity contribution in [1.82, 2.24) is 25.3 Å². The molecule has 4 heterocycles. The Hall–Kier alpha value is -3.99. The number of anilines is 3. The second-order valence-electron chi connectivity index (χ2n) is 9.13. The first-order chi connectivity index (χ1) is 17.9. The number of alkyl halides is 3. The van der Waals surface area contributed by atoms with Crippen LogP contribution < -0.4 is 20.3 Å². The van der Waals surface area contributed by atoms with Gasteiger partial charge < -0.3 is 20.3 Å². The van der Waals surface area contributed by atoms with Crippen LogP contribution >= 0.6 is 0 Å². The van der Waals surface area contributed by atoms with Crippen LogP contribution in [0.2, 0.25) is 0 Å². The highest BCUT2D eigenvalue weighted by atomic mass is 19.4. The molecule has 37 heavy (non-hydrogen) atoms. The summed E-state index contributed by atoms with van der Waals surface area (Å²) in [5.74, 6) is 2.23. The van der Waals surface area contributed by atoms with Crippen LogP contribution in [0.1, 0.15) is 24.3 Å². The number of rotatable bonds is 6. The monoisotopic (exact) mass is 507 g/mol. The molecule has 1 aromatic carbocycles. The summed E-state index contributed by atoms with van der Waals surface area (Å²) in [6.07, 6.45) is 2.98. The van der Waals surface area contributed by atoms with E-state index in [1.54, 1.807) is 12.4 Å². The van der Waals surface area contributed by atoms with Crippen LogP contribution in [0.5, 0.6) is 5.75 Å². The first-order valence-corrected chi connectivity index (χ1v) is 12.1. The molecule has 1 saturated heterocycles. The molecule has 0 atom stereocenters. The summed E-state index contributed by atoms with van der Waals surface area (Å²) >= 11 is 0. The molecular formula is C26H24F3N7O. The molecule has 0 radical (unpaired) electrons. The fraction of sp³-hybridized carbons (Fsp3) is 0.308. The second-order valence-corrected chi connectivity index (χ2v) is 9.13. The predicted molar refractivity (Wildman–Crippen MR) is 134 cm³/mol. The van der Waals surface area contributed by atoms with Crippen LogP contribution in [0, 0.1) is 0 Å². The molecule has 4 aromatic rings. The van der Waals surface area contributed by atoms with Crippen LogP contribution in [0.3, 0.4) is 0 Å². The summed E-state index contributed by atoms with van der Waals surface area (Å²) in [4.78, 5) is 21.0. The van der Waals surface area contributed by atoms with Crippen LogP contribution in [-0.4, -0.2) is 52.5 Å². The molecule has 1 saturated carbocycles. The molecule has 3 aromatic heterocycles. The fourth-order valence-electron chi connectivity index (χ4n) is 4.55. The van der Waals surface area contributed by atoms with Crippen molar-refractivity contribution in [3.8, 4) is 17.1 Å². The van der Waals surface area contributed by atoms with E-state index in [2.05, 4.69) is 30.2 Å². The molecule has 0 amide bonds. The molecule has 2 aliphatic rings. The third kappa shape index (κ3) is 5.26. The summed E-state index contributed by atoms with van der Waals surface area (Å²) < 4.78 is 41.2. The largest absolute Gasteiger partial charge is 0.573 e. The lowest BCUT2D eigenvalue weighted by Gasteiger charge is -2.30. The minimum absolute atomic E-state index is 0.288. The lowest BCUT2D eigenvalue weighted by molar-refractivity contribution is -0.274. The Balaban J connectivity index is 1.33. The fourth-order valence-corrected chi connectivity index (χ4v) is 4.55. The minimum Gasteiger partial charge on any atom is -0.406 e. The summed E-state index contributed by atoms with van der Waals surface area (Å²) in [5, 5.41) is 7.59. The van der Waals surface area contributed by atoms with E-state index in [-0.39, 0.29) is 5.75 Å². The third-order valence-electron chi connectivity index (χ3n) is 6.43. The first-order valence-electron chi connectivity index (χ1n) is 12.1. The zero-order chi connectivity index (χ0) is 25.4. The topological polar surface area (TPSA) is 88.1 Å². The van der Waals surface area contributed by atoms with E-state index in [1.165, 1.54) is 29.8 Å². The number of fused-ring (bicyclic) bond motifs is 1. The van der Waals surface area contributed by atoms with Gasteiger partial charge in [0.15, 0.2) is 5.82 Å². The van der Waals surface area contributed by atoms with Crippen LogP contribution in [-0.2, 0) is 0 Å². The lowest BCUT2D eigenvalue weighted by Crippen LogP contribution is -2.44. The van der Waals surface area contributed by atoms with Gasteiger partial charge in [-0.1, -0.05) is 0 Å². The second kappa shape index (κ2) is 9.47. The molecule has 0 bridgehead atoms. The summed E-state index contributed by atoms with van der Waals surface area (Å²) in [6.45, 7) is 3.49. The van der Waals surface area contributed by atoms with Gasteiger partial charge in [-0.3, -0.25) is 4.98 Å². The van der Waals surface area contributed by atoms with Gasteiger partial charge in [0.25, 0.3) is 0 Å². The van der Waals surface area contributed by atoms with Crippen LogP contribution in [0.4, 0.5) is 30.5 Å². The van der Waals surface area contributed by atoms with Crippen molar-refractivity contribution in [2.75, 3.05) is 36.4 Å². The van der Waals surface area contributed by atoms with Gasteiger partial charge in [0.2, 0.25) is 0 Å². The summed E-state index contributed by atoms with van der Waals surface area (Å²) in [6, 6.07) is 9.14. The van der Waals surface area contributed by atoms with Gasteiger partial charge in [0.1, 0.15) is 17.4 Å². The van der Waals surface area contributed by atoms with Gasteiger partial charge in [-0.15, -0.1) is 13.2 Å². The van der Waals surface area contributed by atoms with Crippen molar-refractivity contribution < 1.29 is 17.9 Å². The normalized spacial score (nSPS) is 16.1. The number of piperazine rings is 1.